The summed E-state index contributed by atoms with van der Waals surface area (Å²) in [7, 11) is 1.57. The summed E-state index contributed by atoms with van der Waals surface area (Å²) in [6.07, 6.45) is 0. The first kappa shape index (κ1) is 16.7. The summed E-state index contributed by atoms with van der Waals surface area (Å²) in [6.45, 7) is 0.274. The summed E-state index contributed by atoms with van der Waals surface area (Å²) in [4.78, 5) is 11.9. The Morgan fingerprint density at radius 3 is 2.54 bits per heavy atom. The number of benzene rings is 3. The van der Waals surface area contributed by atoms with Crippen molar-refractivity contribution in [1.29, 1.82) is 0 Å². The van der Waals surface area contributed by atoms with Gasteiger partial charge in [-0.15, -0.1) is 0 Å². The molecule has 4 nitrogen and oxygen atoms in total. The van der Waals surface area contributed by atoms with Crippen molar-refractivity contribution < 1.29 is 13.9 Å². The van der Waals surface area contributed by atoms with Gasteiger partial charge in [-0.25, -0.2) is 4.79 Å². The van der Waals surface area contributed by atoms with Crippen molar-refractivity contribution >= 4 is 37.7 Å². The van der Waals surface area contributed by atoms with E-state index >= 15 is 0 Å². The Kier molecular flexibility index (Phi) is 4.39. The number of rotatable bonds is 4. The zero-order valence-electron chi connectivity index (χ0n) is 14.0. The first-order valence-corrected chi connectivity index (χ1v) is 8.84. The highest BCUT2D eigenvalue weighted by Crippen LogP contribution is 2.26. The van der Waals surface area contributed by atoms with Gasteiger partial charge >= 0.3 is 5.63 Å². The van der Waals surface area contributed by atoms with Gasteiger partial charge in [-0.2, -0.15) is 0 Å². The lowest BCUT2D eigenvalue weighted by Gasteiger charge is -2.10. The van der Waals surface area contributed by atoms with E-state index in [1.807, 2.05) is 42.5 Å². The van der Waals surface area contributed by atoms with Crippen molar-refractivity contribution in [2.45, 2.75) is 6.61 Å². The van der Waals surface area contributed by atoms with Gasteiger partial charge in [0.15, 0.2) is 0 Å². The lowest BCUT2D eigenvalue weighted by molar-refractivity contribution is 0.307. The molecule has 0 unspecified atom stereocenters. The minimum atomic E-state index is -0.410. The minimum Gasteiger partial charge on any atom is -0.497 e. The van der Waals surface area contributed by atoms with Crippen LogP contribution in [0.25, 0.3) is 21.7 Å². The van der Waals surface area contributed by atoms with Crippen LogP contribution in [0.15, 0.2) is 74.3 Å². The average molecular weight is 411 g/mol. The third-order valence-corrected chi connectivity index (χ3v) is 4.70. The molecule has 1 aromatic heterocycles. The van der Waals surface area contributed by atoms with Gasteiger partial charge < -0.3 is 13.9 Å². The molecule has 0 atom stereocenters. The average Bonchev–Trinajstić information content (AvgIpc) is 2.65. The predicted octanol–water partition coefficient (Wildman–Crippen LogP) is 5.30. The molecular weight excluding hydrogens is 396 g/mol. The second kappa shape index (κ2) is 6.84. The minimum absolute atomic E-state index is 0.274. The van der Waals surface area contributed by atoms with Gasteiger partial charge in [-0.05, 0) is 47.2 Å². The second-order valence-electron chi connectivity index (χ2n) is 5.89. The molecule has 0 radical (unpaired) electrons. The first-order chi connectivity index (χ1) is 12.6. The van der Waals surface area contributed by atoms with Crippen LogP contribution in [0, 0.1) is 0 Å². The van der Waals surface area contributed by atoms with Crippen molar-refractivity contribution in [3.8, 4) is 11.5 Å². The lowest BCUT2D eigenvalue weighted by atomic mass is 10.1. The SMILES string of the molecule is COc1ccc2c(COc3ccc4cc(Br)ccc4c3)cc(=O)oc2c1. The standard InChI is InChI=1S/C21H15BrO4/c1-24-17-6-7-19-15(10-21(23)26-20(19)11-17)12-25-18-5-3-13-8-16(22)4-2-14(13)9-18/h2-11H,12H2,1H3. The van der Waals surface area contributed by atoms with Gasteiger partial charge in [-0.3, -0.25) is 0 Å². The molecule has 0 amide bonds. The Bertz CT molecular complexity index is 1160. The van der Waals surface area contributed by atoms with Crippen molar-refractivity contribution in [2.24, 2.45) is 0 Å². The third-order valence-electron chi connectivity index (χ3n) is 4.21. The molecule has 0 saturated heterocycles. The van der Waals surface area contributed by atoms with Crippen molar-refractivity contribution in [3.05, 3.63) is 81.1 Å². The van der Waals surface area contributed by atoms with Gasteiger partial charge in [0.05, 0.1) is 7.11 Å². The van der Waals surface area contributed by atoms with E-state index in [1.54, 1.807) is 13.2 Å². The van der Waals surface area contributed by atoms with E-state index in [0.717, 1.165) is 31.9 Å². The van der Waals surface area contributed by atoms with Gasteiger partial charge in [0.25, 0.3) is 0 Å². The summed E-state index contributed by atoms with van der Waals surface area (Å²) >= 11 is 3.47. The molecule has 0 aliphatic rings. The highest BCUT2D eigenvalue weighted by Gasteiger charge is 2.08. The van der Waals surface area contributed by atoms with E-state index in [-0.39, 0.29) is 6.61 Å². The molecule has 26 heavy (non-hydrogen) atoms. The fourth-order valence-corrected chi connectivity index (χ4v) is 3.28. The number of halogens is 1. The molecule has 0 bridgehead atoms. The van der Waals surface area contributed by atoms with Crippen molar-refractivity contribution in [3.63, 3.8) is 0 Å². The normalized spacial score (nSPS) is 11.0. The molecule has 0 fully saturated rings. The van der Waals surface area contributed by atoms with E-state index in [4.69, 9.17) is 13.9 Å². The van der Waals surface area contributed by atoms with Crippen molar-refractivity contribution in [2.75, 3.05) is 7.11 Å². The highest BCUT2D eigenvalue weighted by molar-refractivity contribution is 9.10. The quantitative estimate of drug-likeness (QED) is 0.428. The molecule has 4 rings (SSSR count). The van der Waals surface area contributed by atoms with Gasteiger partial charge in [0, 0.05) is 27.6 Å². The maximum absolute atomic E-state index is 11.9. The van der Waals surface area contributed by atoms with Crippen LogP contribution in [0.2, 0.25) is 0 Å². The molecule has 1 heterocycles. The van der Waals surface area contributed by atoms with E-state index < -0.39 is 5.63 Å². The Labute approximate surface area is 158 Å². The highest BCUT2D eigenvalue weighted by atomic mass is 79.9. The van der Waals surface area contributed by atoms with Crippen LogP contribution in [-0.4, -0.2) is 7.11 Å². The molecule has 130 valence electrons. The largest absolute Gasteiger partial charge is 0.497 e. The van der Waals surface area contributed by atoms with E-state index in [9.17, 15) is 4.79 Å². The maximum atomic E-state index is 11.9. The van der Waals surface area contributed by atoms with Gasteiger partial charge in [-0.1, -0.05) is 28.1 Å². The van der Waals surface area contributed by atoms with Crippen LogP contribution >= 0.6 is 15.9 Å². The zero-order valence-corrected chi connectivity index (χ0v) is 15.6. The van der Waals surface area contributed by atoms with Crippen LogP contribution in [0.1, 0.15) is 5.56 Å². The van der Waals surface area contributed by atoms with Crippen LogP contribution in [0.4, 0.5) is 0 Å². The molecule has 0 aliphatic carbocycles. The summed E-state index contributed by atoms with van der Waals surface area (Å²) < 4.78 is 17.4. The number of ether oxygens (including phenoxy) is 2. The molecule has 3 aromatic carbocycles. The lowest BCUT2D eigenvalue weighted by Crippen LogP contribution is -2.04. The molecule has 0 spiro atoms. The Morgan fingerprint density at radius 1 is 0.923 bits per heavy atom. The Hall–Kier alpha value is -2.79. The van der Waals surface area contributed by atoms with E-state index in [1.165, 1.54) is 6.07 Å². The van der Waals surface area contributed by atoms with E-state index in [0.29, 0.717) is 11.3 Å². The van der Waals surface area contributed by atoms with Crippen LogP contribution in [0.3, 0.4) is 0 Å². The summed E-state index contributed by atoms with van der Waals surface area (Å²) in [5, 5.41) is 3.05. The predicted molar refractivity (Wildman–Crippen MR) is 105 cm³/mol. The number of hydrogen-bond donors (Lipinski definition) is 0. The Balaban J connectivity index is 1.65. The summed E-state index contributed by atoms with van der Waals surface area (Å²) in [6, 6.07) is 18.9. The maximum Gasteiger partial charge on any atom is 0.336 e. The number of methoxy groups -OCH3 is 1. The van der Waals surface area contributed by atoms with Crippen LogP contribution in [0.5, 0.6) is 11.5 Å². The van der Waals surface area contributed by atoms with Gasteiger partial charge in [0.2, 0.25) is 0 Å². The first-order valence-electron chi connectivity index (χ1n) is 8.05. The fraction of sp³-hybridized carbons (Fsp3) is 0.0952. The fourth-order valence-electron chi connectivity index (χ4n) is 2.90. The third kappa shape index (κ3) is 3.30. The topological polar surface area (TPSA) is 48.7 Å². The van der Waals surface area contributed by atoms with Crippen molar-refractivity contribution in [1.82, 2.24) is 0 Å². The van der Waals surface area contributed by atoms with Crippen LogP contribution in [-0.2, 0) is 6.61 Å². The number of hydrogen-bond acceptors (Lipinski definition) is 4. The number of fused-ring (bicyclic) bond motifs is 2. The Morgan fingerprint density at radius 2 is 1.69 bits per heavy atom. The molecule has 0 aliphatic heterocycles. The van der Waals surface area contributed by atoms with E-state index in [2.05, 4.69) is 22.0 Å². The zero-order chi connectivity index (χ0) is 18.1. The molecule has 0 N–H and O–H groups in total. The molecule has 0 saturated carbocycles. The van der Waals surface area contributed by atoms with Gasteiger partial charge in [0.1, 0.15) is 23.7 Å². The molecule has 5 heteroatoms. The monoisotopic (exact) mass is 410 g/mol. The summed E-state index contributed by atoms with van der Waals surface area (Å²) in [5.41, 5.74) is 0.848. The molecule has 4 aromatic rings. The smallest absolute Gasteiger partial charge is 0.336 e. The molecular formula is C21H15BrO4. The van der Waals surface area contributed by atoms with Crippen LogP contribution < -0.4 is 15.1 Å². The summed E-state index contributed by atoms with van der Waals surface area (Å²) in [5.74, 6) is 1.38. The second-order valence-corrected chi connectivity index (χ2v) is 6.81.